The van der Waals surface area contributed by atoms with E-state index in [0.29, 0.717) is 12.1 Å². The Morgan fingerprint density at radius 2 is 2.05 bits per heavy atom. The van der Waals surface area contributed by atoms with Gasteiger partial charge in [-0.15, -0.1) is 0 Å². The van der Waals surface area contributed by atoms with Crippen molar-refractivity contribution in [2.24, 2.45) is 11.8 Å². The molecule has 1 N–H and O–H groups in total. The van der Waals surface area contributed by atoms with Crippen LogP contribution in [-0.4, -0.2) is 29.1 Å². The van der Waals surface area contributed by atoms with Crippen LogP contribution in [0.4, 0.5) is 0 Å². The zero-order valence-electron chi connectivity index (χ0n) is 12.5. The van der Waals surface area contributed by atoms with Crippen LogP contribution < -0.4 is 5.32 Å². The minimum absolute atomic E-state index is 0.127. The van der Waals surface area contributed by atoms with Crippen molar-refractivity contribution >= 4 is 5.91 Å². The second kappa shape index (κ2) is 5.08. The molecule has 3 nitrogen and oxygen atoms in total. The van der Waals surface area contributed by atoms with Gasteiger partial charge in [-0.2, -0.15) is 0 Å². The van der Waals surface area contributed by atoms with Gasteiger partial charge >= 0.3 is 0 Å². The number of amides is 1. The fourth-order valence-corrected chi connectivity index (χ4v) is 3.99. The lowest BCUT2D eigenvalue weighted by Gasteiger charge is -2.34. The van der Waals surface area contributed by atoms with E-state index in [9.17, 15) is 4.79 Å². The summed E-state index contributed by atoms with van der Waals surface area (Å²) in [4.78, 5) is 14.8. The molecule has 0 bridgehead atoms. The molecule has 3 fully saturated rings. The molecule has 1 spiro atoms. The first-order chi connectivity index (χ1) is 9.16. The average Bonchev–Trinajstić information content (AvgIpc) is 3.13. The predicted molar refractivity (Wildman–Crippen MR) is 76.6 cm³/mol. The van der Waals surface area contributed by atoms with Crippen molar-refractivity contribution in [3.05, 3.63) is 0 Å². The predicted octanol–water partition coefficient (Wildman–Crippen LogP) is 2.90. The van der Waals surface area contributed by atoms with Crippen molar-refractivity contribution in [1.29, 1.82) is 0 Å². The Bertz CT molecular complexity index is 351. The molecule has 2 aliphatic carbocycles. The van der Waals surface area contributed by atoms with Crippen molar-refractivity contribution in [2.45, 2.75) is 76.9 Å². The fourth-order valence-electron chi connectivity index (χ4n) is 3.99. The molecule has 1 saturated heterocycles. The zero-order chi connectivity index (χ0) is 13.5. The van der Waals surface area contributed by atoms with E-state index in [2.05, 4.69) is 24.1 Å². The monoisotopic (exact) mass is 264 g/mol. The van der Waals surface area contributed by atoms with Crippen LogP contribution in [0.15, 0.2) is 0 Å². The van der Waals surface area contributed by atoms with Crippen LogP contribution in [0.2, 0.25) is 0 Å². The van der Waals surface area contributed by atoms with E-state index >= 15 is 0 Å². The molecular weight excluding hydrogens is 236 g/mol. The molecular formula is C16H28N2O. The summed E-state index contributed by atoms with van der Waals surface area (Å²) >= 11 is 0. The van der Waals surface area contributed by atoms with Gasteiger partial charge in [0.1, 0.15) is 0 Å². The summed E-state index contributed by atoms with van der Waals surface area (Å²) in [6.45, 7) is 5.59. The molecule has 0 aromatic carbocycles. The Labute approximate surface area is 117 Å². The Morgan fingerprint density at radius 3 is 2.68 bits per heavy atom. The second-order valence-electron chi connectivity index (χ2n) is 7.01. The Hall–Kier alpha value is -0.570. The third-order valence-electron chi connectivity index (χ3n) is 5.52. The maximum atomic E-state index is 12.6. The van der Waals surface area contributed by atoms with Crippen LogP contribution in [0.3, 0.4) is 0 Å². The van der Waals surface area contributed by atoms with Gasteiger partial charge < -0.3 is 4.90 Å². The zero-order valence-corrected chi connectivity index (χ0v) is 12.5. The fraction of sp³-hybridized carbons (Fsp3) is 0.938. The molecule has 0 radical (unpaired) electrons. The van der Waals surface area contributed by atoms with Crippen molar-refractivity contribution < 1.29 is 4.79 Å². The van der Waals surface area contributed by atoms with Crippen molar-refractivity contribution in [1.82, 2.24) is 10.2 Å². The number of nitrogens with one attached hydrogen (secondary N) is 1. The van der Waals surface area contributed by atoms with Crippen LogP contribution >= 0.6 is 0 Å². The Morgan fingerprint density at radius 1 is 1.32 bits per heavy atom. The molecule has 19 heavy (non-hydrogen) atoms. The first-order valence-corrected chi connectivity index (χ1v) is 8.25. The van der Waals surface area contributed by atoms with E-state index in [4.69, 9.17) is 0 Å². The topological polar surface area (TPSA) is 32.3 Å². The standard InChI is InChI=1S/C16H28N2O/c1-3-6-14-17-16(9-10-16)15(19)18(14)11-13-8-5-4-7-12(13)2/h12-14,17H,3-11H2,1-2H3. The van der Waals surface area contributed by atoms with Gasteiger partial charge in [0.05, 0.1) is 11.7 Å². The third kappa shape index (κ3) is 2.42. The largest absolute Gasteiger partial charge is 0.325 e. The van der Waals surface area contributed by atoms with Crippen LogP contribution in [0, 0.1) is 11.8 Å². The van der Waals surface area contributed by atoms with Gasteiger partial charge in [0.25, 0.3) is 0 Å². The van der Waals surface area contributed by atoms with E-state index in [1.165, 1.54) is 25.7 Å². The van der Waals surface area contributed by atoms with Crippen LogP contribution in [0.25, 0.3) is 0 Å². The molecule has 3 rings (SSSR count). The normalized spacial score (nSPS) is 37.1. The summed E-state index contributed by atoms with van der Waals surface area (Å²) in [6.07, 6.45) is 10.1. The number of carbonyl (C=O) groups is 1. The van der Waals surface area contributed by atoms with E-state index in [1.54, 1.807) is 0 Å². The van der Waals surface area contributed by atoms with Crippen LogP contribution in [0.1, 0.15) is 65.2 Å². The molecule has 0 aromatic heterocycles. The van der Waals surface area contributed by atoms with Gasteiger partial charge in [-0.1, -0.05) is 39.5 Å². The van der Waals surface area contributed by atoms with E-state index in [0.717, 1.165) is 44.1 Å². The number of hydrogen-bond acceptors (Lipinski definition) is 2. The summed E-state index contributed by atoms with van der Waals surface area (Å²) in [6, 6.07) is 0. The molecule has 3 heteroatoms. The average molecular weight is 264 g/mol. The first kappa shape index (κ1) is 13.4. The Balaban J connectivity index is 1.68. The van der Waals surface area contributed by atoms with E-state index in [1.807, 2.05) is 0 Å². The van der Waals surface area contributed by atoms with Crippen molar-refractivity contribution in [2.75, 3.05) is 6.54 Å². The van der Waals surface area contributed by atoms with Gasteiger partial charge in [0, 0.05) is 6.54 Å². The maximum absolute atomic E-state index is 12.6. The lowest BCUT2D eigenvalue weighted by atomic mass is 9.80. The second-order valence-corrected chi connectivity index (χ2v) is 7.01. The molecule has 1 aliphatic heterocycles. The summed E-state index contributed by atoms with van der Waals surface area (Å²) in [5.74, 6) is 1.93. The van der Waals surface area contributed by atoms with Crippen molar-refractivity contribution in [3.8, 4) is 0 Å². The highest BCUT2D eigenvalue weighted by Gasteiger charge is 2.58. The number of hydrogen-bond donors (Lipinski definition) is 1. The van der Waals surface area contributed by atoms with Gasteiger partial charge in [0.2, 0.25) is 5.91 Å². The van der Waals surface area contributed by atoms with Crippen molar-refractivity contribution in [3.63, 3.8) is 0 Å². The van der Waals surface area contributed by atoms with Gasteiger partial charge in [-0.05, 0) is 37.5 Å². The lowest BCUT2D eigenvalue weighted by molar-refractivity contribution is -0.131. The quantitative estimate of drug-likeness (QED) is 0.847. The SMILES string of the molecule is CCCC1NC2(CC2)C(=O)N1CC1CCCCC1C. The lowest BCUT2D eigenvalue weighted by Crippen LogP contribution is -2.42. The number of nitrogens with zero attached hydrogens (tertiary/aromatic N) is 1. The molecule has 3 aliphatic rings. The van der Waals surface area contributed by atoms with Gasteiger partial charge in [-0.25, -0.2) is 0 Å². The van der Waals surface area contributed by atoms with Crippen LogP contribution in [0.5, 0.6) is 0 Å². The molecule has 3 atom stereocenters. The minimum Gasteiger partial charge on any atom is -0.325 e. The Kier molecular flexibility index (Phi) is 3.59. The smallest absolute Gasteiger partial charge is 0.244 e. The number of rotatable bonds is 4. The van der Waals surface area contributed by atoms with E-state index < -0.39 is 0 Å². The van der Waals surface area contributed by atoms with E-state index in [-0.39, 0.29) is 5.54 Å². The molecule has 2 saturated carbocycles. The summed E-state index contributed by atoms with van der Waals surface area (Å²) in [5.41, 5.74) is -0.127. The number of carbonyl (C=O) groups excluding carboxylic acids is 1. The molecule has 0 aromatic rings. The third-order valence-corrected chi connectivity index (χ3v) is 5.52. The molecule has 1 heterocycles. The first-order valence-electron chi connectivity index (χ1n) is 8.25. The minimum atomic E-state index is -0.127. The highest BCUT2D eigenvalue weighted by molar-refractivity contribution is 5.91. The summed E-state index contributed by atoms with van der Waals surface area (Å²) in [7, 11) is 0. The van der Waals surface area contributed by atoms with Crippen LogP contribution in [-0.2, 0) is 4.79 Å². The summed E-state index contributed by atoms with van der Waals surface area (Å²) < 4.78 is 0. The molecule has 3 unspecified atom stereocenters. The van der Waals surface area contributed by atoms with Gasteiger partial charge in [0.15, 0.2) is 0 Å². The molecule has 108 valence electrons. The highest BCUT2D eigenvalue weighted by Crippen LogP contribution is 2.43. The van der Waals surface area contributed by atoms with Gasteiger partial charge in [-0.3, -0.25) is 10.1 Å². The summed E-state index contributed by atoms with van der Waals surface area (Å²) in [5, 5.41) is 3.62. The maximum Gasteiger partial charge on any atom is 0.244 e. The highest BCUT2D eigenvalue weighted by atomic mass is 16.2. The molecule has 1 amide bonds.